The summed E-state index contributed by atoms with van der Waals surface area (Å²) in [6, 6.07) is 13.3. The highest BCUT2D eigenvalue weighted by Gasteiger charge is 2.22. The number of nitro groups is 1. The maximum Gasteiger partial charge on any atom is 0.274 e. The van der Waals surface area contributed by atoms with Crippen LogP contribution in [-0.2, 0) is 15.6 Å². The van der Waals surface area contributed by atoms with Crippen molar-refractivity contribution in [1.82, 2.24) is 0 Å². The average Bonchev–Trinajstić information content (AvgIpc) is 2.48. The van der Waals surface area contributed by atoms with Crippen LogP contribution >= 0.6 is 0 Å². The van der Waals surface area contributed by atoms with Crippen LogP contribution in [0.4, 0.5) is 5.69 Å². The number of sulfone groups is 1. The third kappa shape index (κ3) is 3.24. The van der Waals surface area contributed by atoms with Gasteiger partial charge in [-0.1, -0.05) is 18.2 Å². The highest BCUT2D eigenvalue weighted by molar-refractivity contribution is 7.90. The Labute approximate surface area is 121 Å². The fourth-order valence-electron chi connectivity index (χ4n) is 1.84. The maximum atomic E-state index is 12.2. The van der Waals surface area contributed by atoms with E-state index in [0.29, 0.717) is 0 Å². The number of nitro benzene ring substituents is 1. The molecule has 2 aromatic carbocycles. The van der Waals surface area contributed by atoms with E-state index >= 15 is 0 Å². The topological polar surface area (TPSA) is 101 Å². The van der Waals surface area contributed by atoms with E-state index in [1.54, 1.807) is 24.3 Å². The smallest absolute Gasteiger partial charge is 0.258 e. The number of hydrogen-bond donors (Lipinski definition) is 0. The minimum atomic E-state index is -3.68. The van der Waals surface area contributed by atoms with Gasteiger partial charge in [0.15, 0.2) is 9.84 Å². The molecule has 2 aromatic rings. The first-order chi connectivity index (χ1) is 9.94. The summed E-state index contributed by atoms with van der Waals surface area (Å²) in [6.07, 6.45) is 0. The monoisotopic (exact) mass is 302 g/mol. The van der Waals surface area contributed by atoms with Crippen LogP contribution in [0.5, 0.6) is 0 Å². The molecule has 0 aliphatic heterocycles. The van der Waals surface area contributed by atoms with Crippen molar-refractivity contribution in [3.05, 3.63) is 69.8 Å². The molecule has 0 amide bonds. The first-order valence-corrected chi connectivity index (χ1v) is 7.54. The lowest BCUT2D eigenvalue weighted by atomic mass is 10.1. The first kappa shape index (κ1) is 14.7. The maximum absolute atomic E-state index is 12.2. The molecule has 7 heteroatoms. The zero-order valence-corrected chi connectivity index (χ0v) is 11.6. The van der Waals surface area contributed by atoms with Gasteiger partial charge in [0.2, 0.25) is 0 Å². The van der Waals surface area contributed by atoms with Crippen LogP contribution in [0.15, 0.2) is 53.4 Å². The second-order valence-electron chi connectivity index (χ2n) is 4.28. The van der Waals surface area contributed by atoms with Crippen LogP contribution in [0.2, 0.25) is 0 Å². The molecule has 0 fully saturated rings. The summed E-state index contributed by atoms with van der Waals surface area (Å²) in [6.45, 7) is 0. The lowest BCUT2D eigenvalue weighted by Crippen LogP contribution is -2.07. The molecule has 106 valence electrons. The SMILES string of the molecule is N#Cc1ccc(CS(=O)(=O)c2ccccc2)c([N+](=O)[O-])c1. The predicted octanol–water partition coefficient (Wildman–Crippen LogP) is 2.44. The first-order valence-electron chi connectivity index (χ1n) is 5.89. The molecular formula is C14H10N2O4S. The minimum Gasteiger partial charge on any atom is -0.258 e. The summed E-state index contributed by atoms with van der Waals surface area (Å²) >= 11 is 0. The summed E-state index contributed by atoms with van der Waals surface area (Å²) in [5.74, 6) is -0.487. The highest BCUT2D eigenvalue weighted by atomic mass is 32.2. The molecule has 0 bridgehead atoms. The van der Waals surface area contributed by atoms with Gasteiger partial charge in [-0.15, -0.1) is 0 Å². The van der Waals surface area contributed by atoms with Gasteiger partial charge in [-0.25, -0.2) is 8.42 Å². The van der Waals surface area contributed by atoms with Crippen molar-refractivity contribution in [2.45, 2.75) is 10.6 Å². The average molecular weight is 302 g/mol. The van der Waals surface area contributed by atoms with Crippen LogP contribution in [0.25, 0.3) is 0 Å². The Morgan fingerprint density at radius 1 is 1.14 bits per heavy atom. The summed E-state index contributed by atoms with van der Waals surface area (Å²) in [4.78, 5) is 10.4. The Morgan fingerprint density at radius 3 is 2.38 bits per heavy atom. The molecule has 0 aliphatic rings. The van der Waals surface area contributed by atoms with Crippen molar-refractivity contribution in [3.63, 3.8) is 0 Å². The minimum absolute atomic E-state index is 0.0582. The molecule has 0 radical (unpaired) electrons. The normalized spacial score (nSPS) is 10.8. The third-order valence-electron chi connectivity index (χ3n) is 2.86. The number of benzene rings is 2. The van der Waals surface area contributed by atoms with E-state index in [1.165, 1.54) is 24.3 Å². The Kier molecular flexibility index (Phi) is 4.00. The lowest BCUT2D eigenvalue weighted by Gasteiger charge is -2.05. The van der Waals surface area contributed by atoms with E-state index in [4.69, 9.17) is 5.26 Å². The molecule has 0 aliphatic carbocycles. The molecule has 0 saturated carbocycles. The lowest BCUT2D eigenvalue weighted by molar-refractivity contribution is -0.385. The van der Waals surface area contributed by atoms with Crippen LogP contribution < -0.4 is 0 Å². The zero-order chi connectivity index (χ0) is 15.5. The van der Waals surface area contributed by atoms with Crippen molar-refractivity contribution in [2.75, 3.05) is 0 Å². The molecule has 0 atom stereocenters. The molecule has 0 unspecified atom stereocenters. The van der Waals surface area contributed by atoms with E-state index in [-0.39, 0.29) is 21.7 Å². The Hall–Kier alpha value is -2.72. The largest absolute Gasteiger partial charge is 0.274 e. The van der Waals surface area contributed by atoms with Crippen LogP contribution in [0.1, 0.15) is 11.1 Å². The number of rotatable bonds is 4. The van der Waals surface area contributed by atoms with Crippen LogP contribution in [0, 0.1) is 21.4 Å². The molecule has 0 N–H and O–H groups in total. The molecule has 21 heavy (non-hydrogen) atoms. The Balaban J connectivity index is 2.45. The van der Waals surface area contributed by atoms with Gasteiger partial charge in [-0.3, -0.25) is 10.1 Å². The van der Waals surface area contributed by atoms with E-state index < -0.39 is 20.5 Å². The quantitative estimate of drug-likeness (QED) is 0.637. The van der Waals surface area contributed by atoms with Gasteiger partial charge in [-0.05, 0) is 24.3 Å². The second kappa shape index (κ2) is 5.73. The molecule has 0 heterocycles. The molecule has 0 saturated heterocycles. The fourth-order valence-corrected chi connectivity index (χ4v) is 3.23. The summed E-state index contributed by atoms with van der Waals surface area (Å²) in [5.41, 5.74) is -0.195. The summed E-state index contributed by atoms with van der Waals surface area (Å²) in [5, 5.41) is 19.8. The molecule has 2 rings (SSSR count). The van der Waals surface area contributed by atoms with Crippen molar-refractivity contribution < 1.29 is 13.3 Å². The van der Waals surface area contributed by atoms with E-state index in [9.17, 15) is 18.5 Å². The second-order valence-corrected chi connectivity index (χ2v) is 6.27. The standard InChI is InChI=1S/C14H10N2O4S/c15-9-11-6-7-12(14(8-11)16(17)18)10-21(19,20)13-4-2-1-3-5-13/h1-8H,10H2. The molecule has 0 aromatic heterocycles. The van der Waals surface area contributed by atoms with Crippen molar-refractivity contribution >= 4 is 15.5 Å². The zero-order valence-electron chi connectivity index (χ0n) is 10.8. The van der Waals surface area contributed by atoms with Gasteiger partial charge in [0, 0.05) is 11.6 Å². The Bertz CT molecular complexity index is 824. The van der Waals surface area contributed by atoms with Crippen LogP contribution in [0.3, 0.4) is 0 Å². The van der Waals surface area contributed by atoms with Crippen molar-refractivity contribution in [1.29, 1.82) is 5.26 Å². The third-order valence-corrected chi connectivity index (χ3v) is 4.54. The number of nitriles is 1. The molecule has 0 spiro atoms. The molecular weight excluding hydrogens is 292 g/mol. The van der Waals surface area contributed by atoms with Gasteiger partial charge < -0.3 is 0 Å². The predicted molar refractivity (Wildman–Crippen MR) is 75.1 cm³/mol. The van der Waals surface area contributed by atoms with Crippen molar-refractivity contribution in [2.24, 2.45) is 0 Å². The van der Waals surface area contributed by atoms with Gasteiger partial charge in [0.1, 0.15) is 0 Å². The Morgan fingerprint density at radius 2 is 1.81 bits per heavy atom. The molecule has 6 nitrogen and oxygen atoms in total. The number of nitrogens with zero attached hydrogens (tertiary/aromatic N) is 2. The van der Waals surface area contributed by atoms with Crippen molar-refractivity contribution in [3.8, 4) is 6.07 Å². The summed E-state index contributed by atoms with van der Waals surface area (Å²) in [7, 11) is -3.68. The highest BCUT2D eigenvalue weighted by Crippen LogP contribution is 2.25. The number of hydrogen-bond acceptors (Lipinski definition) is 5. The van der Waals surface area contributed by atoms with Gasteiger partial charge in [0.25, 0.3) is 5.69 Å². The van der Waals surface area contributed by atoms with E-state index in [0.717, 1.165) is 6.07 Å². The van der Waals surface area contributed by atoms with E-state index in [1.807, 2.05) is 0 Å². The van der Waals surface area contributed by atoms with E-state index in [2.05, 4.69) is 0 Å². The van der Waals surface area contributed by atoms with Gasteiger partial charge in [-0.2, -0.15) is 5.26 Å². The van der Waals surface area contributed by atoms with Crippen LogP contribution in [-0.4, -0.2) is 13.3 Å². The summed E-state index contributed by atoms with van der Waals surface area (Å²) < 4.78 is 24.5. The van der Waals surface area contributed by atoms with Gasteiger partial charge in [0.05, 0.1) is 27.2 Å². The van der Waals surface area contributed by atoms with Gasteiger partial charge >= 0.3 is 0 Å². The fraction of sp³-hybridized carbons (Fsp3) is 0.0714.